The molecule has 1 fully saturated rings. The number of hydrogen-bond acceptors (Lipinski definition) is 5. The molecule has 0 N–H and O–H groups in total. The van der Waals surface area contributed by atoms with Gasteiger partial charge in [-0.05, 0) is 66.1 Å². The molecule has 5 rings (SSSR count). The van der Waals surface area contributed by atoms with Crippen LogP contribution in [0.1, 0.15) is 61.8 Å². The summed E-state index contributed by atoms with van der Waals surface area (Å²) in [5.74, 6) is 0.462. The van der Waals surface area contributed by atoms with Crippen molar-refractivity contribution >= 4 is 5.97 Å². The zero-order chi connectivity index (χ0) is 25.5. The summed E-state index contributed by atoms with van der Waals surface area (Å²) >= 11 is 0. The molecule has 2 unspecified atom stereocenters. The fraction of sp³-hybridized carbons (Fsp3) is 0.400. The number of halogens is 1. The van der Waals surface area contributed by atoms with Gasteiger partial charge in [0, 0.05) is 17.8 Å². The minimum atomic E-state index is -0.374. The minimum Gasteiger partial charge on any atom is -0.485 e. The summed E-state index contributed by atoms with van der Waals surface area (Å²) in [4.78, 5) is 15.9. The Labute approximate surface area is 212 Å². The number of methoxy groups -OCH3 is 2. The maximum absolute atomic E-state index is 15.2. The molecule has 1 aliphatic heterocycles. The van der Waals surface area contributed by atoms with Crippen molar-refractivity contribution in [3.05, 3.63) is 77.2 Å². The van der Waals surface area contributed by atoms with Crippen molar-refractivity contribution in [2.45, 2.75) is 58.0 Å². The Morgan fingerprint density at radius 1 is 1.06 bits per heavy atom. The van der Waals surface area contributed by atoms with Crippen molar-refractivity contribution in [1.29, 1.82) is 0 Å². The molecule has 3 aromatic rings. The molecule has 6 heteroatoms. The van der Waals surface area contributed by atoms with Crippen molar-refractivity contribution < 1.29 is 23.4 Å². The Hall–Kier alpha value is -3.41. The van der Waals surface area contributed by atoms with Crippen molar-refractivity contribution in [1.82, 2.24) is 4.98 Å². The molecular weight excluding hydrogens is 457 g/mol. The van der Waals surface area contributed by atoms with Gasteiger partial charge in [-0.25, -0.2) is 9.37 Å². The Balaban J connectivity index is 0.000000943. The second-order valence-corrected chi connectivity index (χ2v) is 9.45. The third-order valence-electron chi connectivity index (χ3n) is 6.44. The van der Waals surface area contributed by atoms with Crippen LogP contribution >= 0.6 is 0 Å². The van der Waals surface area contributed by atoms with Crippen LogP contribution in [0.3, 0.4) is 0 Å². The first-order valence-corrected chi connectivity index (χ1v) is 12.6. The van der Waals surface area contributed by atoms with Crippen LogP contribution in [0.25, 0.3) is 11.1 Å². The van der Waals surface area contributed by atoms with Gasteiger partial charge in [-0.2, -0.15) is 0 Å². The first-order chi connectivity index (χ1) is 17.5. The number of benzene rings is 2. The van der Waals surface area contributed by atoms with Gasteiger partial charge in [-0.15, -0.1) is 0 Å². The lowest BCUT2D eigenvalue weighted by Gasteiger charge is -2.20. The number of nitrogens with zero attached hydrogens (tertiary/aromatic N) is 1. The maximum atomic E-state index is 15.2. The fourth-order valence-corrected chi connectivity index (χ4v) is 4.26. The molecule has 2 aliphatic rings. The highest BCUT2D eigenvalue weighted by atomic mass is 19.1. The number of hydrogen-bond donors (Lipinski definition) is 0. The first kappa shape index (κ1) is 25.7. The molecule has 0 amide bonds. The normalized spacial score (nSPS) is 16.8. The second kappa shape index (κ2) is 12.0. The third-order valence-corrected chi connectivity index (χ3v) is 6.44. The van der Waals surface area contributed by atoms with Crippen molar-refractivity contribution in [3.8, 4) is 22.8 Å². The van der Waals surface area contributed by atoms with Crippen molar-refractivity contribution in [2.24, 2.45) is 5.92 Å². The standard InChI is InChI=1S/C27H28FNO4.C3H6/c1-17(27(30)32-3)13-18-7-8-19-5-4-6-24(33-25(19)14-18)22-10-9-20(15-23(22)28)21-11-12-29-26(16-21)31-2;1-2-3-1/h7-12,14-17,24H,4-6,13H2,1-3H3;1-3H2. The van der Waals surface area contributed by atoms with Gasteiger partial charge in [0.1, 0.15) is 17.7 Å². The predicted molar refractivity (Wildman–Crippen MR) is 138 cm³/mol. The Bertz CT molecular complexity index is 1190. The Morgan fingerprint density at radius 3 is 2.53 bits per heavy atom. The molecule has 1 saturated carbocycles. The van der Waals surface area contributed by atoms with Crippen LogP contribution in [0, 0.1) is 11.7 Å². The van der Waals surface area contributed by atoms with Crippen LogP contribution in [0.4, 0.5) is 4.39 Å². The van der Waals surface area contributed by atoms with Gasteiger partial charge in [0.15, 0.2) is 0 Å². The summed E-state index contributed by atoms with van der Waals surface area (Å²) in [6, 6.07) is 14.9. The van der Waals surface area contributed by atoms with Gasteiger partial charge in [0.25, 0.3) is 0 Å². The monoisotopic (exact) mass is 491 g/mol. The molecule has 0 spiro atoms. The maximum Gasteiger partial charge on any atom is 0.308 e. The molecule has 0 bridgehead atoms. The smallest absolute Gasteiger partial charge is 0.308 e. The summed E-state index contributed by atoms with van der Waals surface area (Å²) in [5.41, 5.74) is 4.23. The van der Waals surface area contributed by atoms with E-state index in [2.05, 4.69) is 4.98 Å². The first-order valence-electron chi connectivity index (χ1n) is 12.6. The number of carbonyl (C=O) groups is 1. The van der Waals surface area contributed by atoms with E-state index in [1.807, 2.05) is 37.3 Å². The number of ether oxygens (including phenoxy) is 3. The highest BCUT2D eigenvalue weighted by molar-refractivity contribution is 5.72. The number of esters is 1. The molecule has 2 aromatic carbocycles. The largest absolute Gasteiger partial charge is 0.485 e. The molecule has 190 valence electrons. The summed E-state index contributed by atoms with van der Waals surface area (Å²) in [6.07, 6.45) is 8.83. The van der Waals surface area contributed by atoms with Gasteiger partial charge >= 0.3 is 5.97 Å². The third kappa shape index (κ3) is 6.62. The lowest BCUT2D eigenvalue weighted by atomic mass is 9.98. The Morgan fingerprint density at radius 2 is 1.83 bits per heavy atom. The highest BCUT2D eigenvalue weighted by Crippen LogP contribution is 2.36. The van der Waals surface area contributed by atoms with E-state index in [9.17, 15) is 4.79 Å². The molecule has 1 aliphatic carbocycles. The van der Waals surface area contributed by atoms with E-state index in [-0.39, 0.29) is 23.8 Å². The van der Waals surface area contributed by atoms with Crippen LogP contribution in [-0.4, -0.2) is 25.2 Å². The van der Waals surface area contributed by atoms with Crippen LogP contribution < -0.4 is 9.47 Å². The molecule has 0 saturated heterocycles. The SMILES string of the molecule is C1CC1.COC(=O)C(C)Cc1ccc2c(c1)OC(c1ccc(-c3ccnc(OC)c3)cc1F)CCC2. The van der Waals surface area contributed by atoms with Crippen molar-refractivity contribution in [2.75, 3.05) is 14.2 Å². The summed E-state index contributed by atoms with van der Waals surface area (Å²) in [6.45, 7) is 1.84. The van der Waals surface area contributed by atoms with Gasteiger partial charge in [-0.3, -0.25) is 4.79 Å². The quantitative estimate of drug-likeness (QED) is 0.352. The van der Waals surface area contributed by atoms with E-state index in [0.717, 1.165) is 47.3 Å². The topological polar surface area (TPSA) is 57.7 Å². The van der Waals surface area contributed by atoms with Crippen LogP contribution in [0.2, 0.25) is 0 Å². The number of aryl methyl sites for hydroxylation is 1. The van der Waals surface area contributed by atoms with Crippen LogP contribution in [0.5, 0.6) is 11.6 Å². The second-order valence-electron chi connectivity index (χ2n) is 9.45. The van der Waals surface area contributed by atoms with E-state index in [1.54, 1.807) is 25.4 Å². The number of carbonyl (C=O) groups excluding carboxylic acids is 1. The van der Waals surface area contributed by atoms with Gasteiger partial charge in [-0.1, -0.05) is 50.5 Å². The molecule has 0 radical (unpaired) electrons. The van der Waals surface area contributed by atoms with Gasteiger partial charge in [0.2, 0.25) is 5.88 Å². The minimum absolute atomic E-state index is 0.238. The molecule has 5 nitrogen and oxygen atoms in total. The van der Waals surface area contributed by atoms with Crippen molar-refractivity contribution in [3.63, 3.8) is 0 Å². The molecule has 2 atom stereocenters. The lowest BCUT2D eigenvalue weighted by molar-refractivity contribution is -0.144. The molecule has 2 heterocycles. The van der Waals surface area contributed by atoms with E-state index in [4.69, 9.17) is 14.2 Å². The summed E-state index contributed by atoms with van der Waals surface area (Å²) in [5, 5.41) is 0. The van der Waals surface area contributed by atoms with Gasteiger partial charge in [0.05, 0.1) is 20.1 Å². The number of aromatic nitrogens is 1. The van der Waals surface area contributed by atoms with E-state index in [0.29, 0.717) is 17.9 Å². The number of pyridine rings is 1. The summed E-state index contributed by atoms with van der Waals surface area (Å²) < 4.78 is 31.6. The number of rotatable bonds is 6. The molecule has 36 heavy (non-hydrogen) atoms. The van der Waals surface area contributed by atoms with Gasteiger partial charge < -0.3 is 14.2 Å². The lowest BCUT2D eigenvalue weighted by Crippen LogP contribution is -2.15. The molecular formula is C30H34FNO4. The van der Waals surface area contributed by atoms with Crippen LogP contribution in [0.15, 0.2) is 54.7 Å². The summed E-state index contributed by atoms with van der Waals surface area (Å²) in [7, 11) is 2.95. The van der Waals surface area contributed by atoms with E-state index < -0.39 is 0 Å². The predicted octanol–water partition coefficient (Wildman–Crippen LogP) is 6.87. The zero-order valence-corrected chi connectivity index (χ0v) is 21.3. The van der Waals surface area contributed by atoms with E-state index >= 15 is 4.39 Å². The average Bonchev–Trinajstić information content (AvgIpc) is 3.78. The fourth-order valence-electron chi connectivity index (χ4n) is 4.26. The van der Waals surface area contributed by atoms with E-state index in [1.165, 1.54) is 32.4 Å². The molecule has 1 aromatic heterocycles. The average molecular weight is 492 g/mol. The highest BCUT2D eigenvalue weighted by Gasteiger charge is 2.23. The van der Waals surface area contributed by atoms with Crippen LogP contribution in [-0.2, 0) is 22.4 Å². The zero-order valence-electron chi connectivity index (χ0n) is 21.3. The Kier molecular flexibility index (Phi) is 8.57. The number of fused-ring (bicyclic) bond motifs is 1.